The highest BCUT2D eigenvalue weighted by molar-refractivity contribution is 7.52. The molecule has 0 saturated carbocycles. The van der Waals surface area contributed by atoms with Gasteiger partial charge in [0.15, 0.2) is 5.88 Å². The van der Waals surface area contributed by atoms with E-state index in [-0.39, 0.29) is 5.88 Å². The number of hydrogen-bond donors (Lipinski definition) is 3. The molecule has 1 unspecified atom stereocenters. The van der Waals surface area contributed by atoms with Gasteiger partial charge >= 0.3 is 7.60 Å². The van der Waals surface area contributed by atoms with Gasteiger partial charge in [0.05, 0.1) is 0 Å². The average molecular weight is 227 g/mol. The lowest BCUT2D eigenvalue weighted by molar-refractivity contribution is 0.352. The monoisotopic (exact) mass is 227 g/mol. The molecule has 6 heteroatoms. The molecule has 1 aliphatic heterocycles. The lowest BCUT2D eigenvalue weighted by Gasteiger charge is -2.23. The maximum absolute atomic E-state index is 11.2. The van der Waals surface area contributed by atoms with Crippen LogP contribution in [0.25, 0.3) is 0 Å². The molecule has 0 fully saturated rings. The van der Waals surface area contributed by atoms with E-state index in [9.17, 15) is 4.57 Å². The molecule has 15 heavy (non-hydrogen) atoms. The molecule has 0 radical (unpaired) electrons. The fraction of sp³-hybridized carbons (Fsp3) is 0.111. The summed E-state index contributed by atoms with van der Waals surface area (Å²) in [5.74, 6) is 0.410. The molecule has 1 aromatic rings. The molecule has 0 amide bonds. The van der Waals surface area contributed by atoms with Crippen LogP contribution in [0.5, 0.6) is 5.75 Å². The predicted octanol–water partition coefficient (Wildman–Crippen LogP) is 1.10. The fourth-order valence-electron chi connectivity index (χ4n) is 1.50. The summed E-state index contributed by atoms with van der Waals surface area (Å²) in [5, 5.41) is 0. The minimum atomic E-state index is -4.25. The van der Waals surface area contributed by atoms with Crippen LogP contribution in [0.3, 0.4) is 0 Å². The summed E-state index contributed by atoms with van der Waals surface area (Å²) in [6, 6.07) is 6.65. The van der Waals surface area contributed by atoms with E-state index in [0.717, 1.165) is 0 Å². The zero-order valence-electron chi connectivity index (χ0n) is 7.70. The number of benzene rings is 1. The van der Waals surface area contributed by atoms with E-state index >= 15 is 0 Å². The minimum Gasteiger partial charge on any atom is -0.442 e. The van der Waals surface area contributed by atoms with Crippen LogP contribution in [0.4, 0.5) is 0 Å². The average Bonchev–Trinajstić information content (AvgIpc) is 2.15. The standard InChI is InChI=1S/C9H10NO4P/c10-9-5-8(15(11,12)13)6-3-1-2-4-7(6)14-9/h1-5,8H,10H2,(H2,11,12,13). The summed E-state index contributed by atoms with van der Waals surface area (Å²) in [5.41, 5.74) is 4.88. The molecule has 1 aliphatic rings. The molecule has 2 rings (SSSR count). The molecule has 0 bridgehead atoms. The normalized spacial score (nSPS) is 20.1. The summed E-state index contributed by atoms with van der Waals surface area (Å²) in [6.45, 7) is 0. The molecule has 0 aromatic heterocycles. The van der Waals surface area contributed by atoms with E-state index in [1.54, 1.807) is 24.3 Å². The number of para-hydroxylation sites is 1. The molecule has 0 saturated heterocycles. The molecule has 0 aliphatic carbocycles. The molecule has 1 heterocycles. The van der Waals surface area contributed by atoms with Crippen molar-refractivity contribution in [2.45, 2.75) is 5.66 Å². The van der Waals surface area contributed by atoms with E-state index in [1.807, 2.05) is 0 Å². The Morgan fingerprint density at radius 1 is 1.33 bits per heavy atom. The lowest BCUT2D eigenvalue weighted by atomic mass is 10.1. The van der Waals surface area contributed by atoms with Crippen molar-refractivity contribution in [2.75, 3.05) is 0 Å². The van der Waals surface area contributed by atoms with Crippen molar-refractivity contribution in [2.24, 2.45) is 5.73 Å². The highest BCUT2D eigenvalue weighted by atomic mass is 31.2. The van der Waals surface area contributed by atoms with Gasteiger partial charge in [0, 0.05) is 5.56 Å². The minimum absolute atomic E-state index is 0.0158. The van der Waals surface area contributed by atoms with Crippen molar-refractivity contribution < 1.29 is 19.1 Å². The number of hydrogen-bond acceptors (Lipinski definition) is 3. The van der Waals surface area contributed by atoms with Crippen LogP contribution in [0.1, 0.15) is 11.2 Å². The molecule has 4 N–H and O–H groups in total. The van der Waals surface area contributed by atoms with Crippen LogP contribution >= 0.6 is 7.60 Å². The highest BCUT2D eigenvalue weighted by Crippen LogP contribution is 2.56. The third kappa shape index (κ3) is 1.90. The molecule has 80 valence electrons. The van der Waals surface area contributed by atoms with Gasteiger partial charge in [-0.15, -0.1) is 0 Å². The summed E-state index contributed by atoms with van der Waals surface area (Å²) >= 11 is 0. The number of nitrogens with two attached hydrogens (primary N) is 1. The second kappa shape index (κ2) is 3.38. The Labute approximate surface area is 86.3 Å². The molecule has 1 atom stereocenters. The number of ether oxygens (including phenoxy) is 1. The van der Waals surface area contributed by atoms with Gasteiger partial charge in [0.1, 0.15) is 11.4 Å². The van der Waals surface area contributed by atoms with Gasteiger partial charge in [-0.2, -0.15) is 0 Å². The second-order valence-corrected chi connectivity index (χ2v) is 4.98. The Hall–Kier alpha value is -1.29. The molecule has 1 aromatic carbocycles. The van der Waals surface area contributed by atoms with E-state index in [1.165, 1.54) is 6.08 Å². The Kier molecular flexibility index (Phi) is 2.31. The molecule has 0 spiro atoms. The van der Waals surface area contributed by atoms with Crippen LogP contribution in [0.15, 0.2) is 36.2 Å². The highest BCUT2D eigenvalue weighted by Gasteiger charge is 2.34. The predicted molar refractivity (Wildman–Crippen MR) is 54.1 cm³/mol. The Bertz CT molecular complexity index is 465. The van der Waals surface area contributed by atoms with Crippen molar-refractivity contribution in [1.82, 2.24) is 0 Å². The van der Waals surface area contributed by atoms with Gasteiger partial charge in [-0.25, -0.2) is 0 Å². The van der Waals surface area contributed by atoms with Crippen LogP contribution in [-0.4, -0.2) is 9.79 Å². The van der Waals surface area contributed by atoms with Crippen LogP contribution in [-0.2, 0) is 4.57 Å². The van der Waals surface area contributed by atoms with Crippen LogP contribution < -0.4 is 10.5 Å². The summed E-state index contributed by atoms with van der Waals surface area (Å²) in [4.78, 5) is 18.3. The SMILES string of the molecule is NC1=CC(P(=O)(O)O)c2ccccc2O1. The van der Waals surface area contributed by atoms with E-state index < -0.39 is 13.3 Å². The van der Waals surface area contributed by atoms with E-state index in [0.29, 0.717) is 11.3 Å². The quantitative estimate of drug-likeness (QED) is 0.624. The maximum Gasteiger partial charge on any atom is 0.337 e. The van der Waals surface area contributed by atoms with Gasteiger partial charge in [-0.05, 0) is 12.1 Å². The first kappa shape index (κ1) is 10.2. The zero-order chi connectivity index (χ0) is 11.1. The summed E-state index contributed by atoms with van der Waals surface area (Å²) < 4.78 is 16.4. The van der Waals surface area contributed by atoms with Gasteiger partial charge in [0.25, 0.3) is 0 Å². The summed E-state index contributed by atoms with van der Waals surface area (Å²) in [7, 11) is -4.25. The van der Waals surface area contributed by atoms with Crippen LogP contribution in [0.2, 0.25) is 0 Å². The first-order valence-electron chi connectivity index (χ1n) is 4.28. The van der Waals surface area contributed by atoms with Crippen LogP contribution in [0, 0.1) is 0 Å². The van der Waals surface area contributed by atoms with Crippen molar-refractivity contribution in [3.05, 3.63) is 41.8 Å². The van der Waals surface area contributed by atoms with E-state index in [2.05, 4.69) is 0 Å². The zero-order valence-corrected chi connectivity index (χ0v) is 8.59. The van der Waals surface area contributed by atoms with Crippen molar-refractivity contribution in [3.8, 4) is 5.75 Å². The van der Waals surface area contributed by atoms with Gasteiger partial charge in [0.2, 0.25) is 0 Å². The van der Waals surface area contributed by atoms with Gasteiger partial charge in [-0.1, -0.05) is 18.2 Å². The Morgan fingerprint density at radius 3 is 2.67 bits per heavy atom. The van der Waals surface area contributed by atoms with Crippen molar-refractivity contribution in [3.63, 3.8) is 0 Å². The Balaban J connectivity index is 2.55. The van der Waals surface area contributed by atoms with Gasteiger partial charge < -0.3 is 20.3 Å². The lowest BCUT2D eigenvalue weighted by Crippen LogP contribution is -2.15. The first-order chi connectivity index (χ1) is 6.98. The van der Waals surface area contributed by atoms with Gasteiger partial charge in [-0.3, -0.25) is 4.57 Å². The second-order valence-electron chi connectivity index (χ2n) is 3.24. The number of allylic oxidation sites excluding steroid dienone is 1. The Morgan fingerprint density at radius 2 is 2.00 bits per heavy atom. The molecular weight excluding hydrogens is 217 g/mol. The third-order valence-corrected chi connectivity index (χ3v) is 3.30. The number of rotatable bonds is 1. The largest absolute Gasteiger partial charge is 0.442 e. The maximum atomic E-state index is 11.2. The van der Waals surface area contributed by atoms with E-state index in [4.69, 9.17) is 20.3 Å². The molecular formula is C9H10NO4P. The van der Waals surface area contributed by atoms with Crippen molar-refractivity contribution >= 4 is 7.60 Å². The molecule has 5 nitrogen and oxygen atoms in total. The third-order valence-electron chi connectivity index (χ3n) is 2.15. The first-order valence-corrected chi connectivity index (χ1v) is 5.96. The topological polar surface area (TPSA) is 92.8 Å². The smallest absolute Gasteiger partial charge is 0.337 e. The fourth-order valence-corrected chi connectivity index (χ4v) is 2.42. The number of fused-ring (bicyclic) bond motifs is 1. The summed E-state index contributed by atoms with van der Waals surface area (Å²) in [6.07, 6.45) is 1.24. The van der Waals surface area contributed by atoms with Crippen molar-refractivity contribution in [1.29, 1.82) is 0 Å².